The van der Waals surface area contributed by atoms with Crippen LogP contribution < -0.4 is 10.1 Å². The van der Waals surface area contributed by atoms with E-state index in [9.17, 15) is 0 Å². The van der Waals surface area contributed by atoms with Gasteiger partial charge in [-0.3, -0.25) is 0 Å². The molecule has 2 rings (SSSR count). The number of aromatic nitrogens is 1. The molecule has 5 heteroatoms. The Kier molecular flexibility index (Phi) is 5.60. The van der Waals surface area contributed by atoms with Gasteiger partial charge in [-0.25, -0.2) is 4.98 Å². The van der Waals surface area contributed by atoms with Crippen LogP contribution in [0.2, 0.25) is 0 Å². The summed E-state index contributed by atoms with van der Waals surface area (Å²) in [6.45, 7) is 5.48. The van der Waals surface area contributed by atoms with E-state index in [0.717, 1.165) is 41.6 Å². The van der Waals surface area contributed by atoms with E-state index < -0.39 is 0 Å². The Hall–Kier alpha value is -0.650. The van der Waals surface area contributed by atoms with Crippen LogP contribution in [0, 0.1) is 0 Å². The molecule has 0 aliphatic heterocycles. The van der Waals surface area contributed by atoms with Crippen molar-refractivity contribution in [1.29, 1.82) is 0 Å². The topological polar surface area (TPSA) is 37.4 Å². The monoisotopic (exact) mass is 327 g/mol. The molecule has 1 fully saturated rings. The minimum atomic E-state index is 0.695. The molecule has 106 valence electrons. The summed E-state index contributed by atoms with van der Waals surface area (Å²) in [6.07, 6.45) is 4.45. The lowest BCUT2D eigenvalue weighted by molar-refractivity contribution is 0.224. The van der Waals surface area contributed by atoms with Gasteiger partial charge in [0.1, 0.15) is 6.61 Å². The van der Waals surface area contributed by atoms with Gasteiger partial charge >= 0.3 is 0 Å². The highest BCUT2D eigenvalue weighted by molar-refractivity contribution is 9.10. The Balaban J connectivity index is 1.86. The summed E-state index contributed by atoms with van der Waals surface area (Å²) >= 11 is 3.45. The number of ether oxygens (including phenoxy) is 1. The predicted molar refractivity (Wildman–Crippen MR) is 80.5 cm³/mol. The number of likely N-dealkylation sites (N-methyl/N-ethyl adjacent to an activating group) is 1. The van der Waals surface area contributed by atoms with E-state index in [2.05, 4.69) is 51.2 Å². The van der Waals surface area contributed by atoms with E-state index >= 15 is 0 Å². The van der Waals surface area contributed by atoms with E-state index in [0.29, 0.717) is 6.61 Å². The molecule has 1 aromatic heterocycles. The molecule has 1 aromatic rings. The number of pyridine rings is 1. The van der Waals surface area contributed by atoms with Crippen molar-refractivity contribution in [1.82, 2.24) is 15.2 Å². The standard InChI is InChI=1S/C14H22BrN3O/c1-3-16-9-11-8-12(15)10-17-14(11)19-7-6-18(2)13-4-5-13/h8,10,13,16H,3-7,9H2,1-2H3. The Morgan fingerprint density at radius 2 is 2.32 bits per heavy atom. The van der Waals surface area contributed by atoms with Crippen LogP contribution in [0.1, 0.15) is 25.3 Å². The largest absolute Gasteiger partial charge is 0.476 e. The normalized spacial score (nSPS) is 14.9. The van der Waals surface area contributed by atoms with E-state index in [1.807, 2.05) is 0 Å². The third kappa shape index (κ3) is 4.75. The maximum Gasteiger partial charge on any atom is 0.217 e. The van der Waals surface area contributed by atoms with Crippen molar-refractivity contribution in [3.8, 4) is 5.88 Å². The van der Waals surface area contributed by atoms with Gasteiger partial charge in [-0.1, -0.05) is 6.92 Å². The van der Waals surface area contributed by atoms with Crippen molar-refractivity contribution in [3.63, 3.8) is 0 Å². The summed E-state index contributed by atoms with van der Waals surface area (Å²) in [6, 6.07) is 2.85. The minimum Gasteiger partial charge on any atom is -0.476 e. The van der Waals surface area contributed by atoms with Gasteiger partial charge in [0.05, 0.1) is 0 Å². The zero-order valence-electron chi connectivity index (χ0n) is 11.7. The number of halogens is 1. The summed E-state index contributed by atoms with van der Waals surface area (Å²) in [4.78, 5) is 6.72. The lowest BCUT2D eigenvalue weighted by Crippen LogP contribution is -2.26. The van der Waals surface area contributed by atoms with Crippen molar-refractivity contribution >= 4 is 15.9 Å². The van der Waals surface area contributed by atoms with E-state index in [4.69, 9.17) is 4.74 Å². The number of hydrogen-bond acceptors (Lipinski definition) is 4. The molecule has 1 saturated carbocycles. The summed E-state index contributed by atoms with van der Waals surface area (Å²) in [5, 5.41) is 3.31. The van der Waals surface area contributed by atoms with E-state index in [-0.39, 0.29) is 0 Å². The van der Waals surface area contributed by atoms with Crippen LogP contribution in [-0.4, -0.2) is 42.7 Å². The molecule has 4 nitrogen and oxygen atoms in total. The highest BCUT2D eigenvalue weighted by Crippen LogP contribution is 2.25. The molecule has 19 heavy (non-hydrogen) atoms. The van der Waals surface area contributed by atoms with Gasteiger partial charge in [-0.05, 0) is 48.4 Å². The van der Waals surface area contributed by atoms with Crippen LogP contribution in [-0.2, 0) is 6.54 Å². The molecule has 0 amide bonds. The maximum absolute atomic E-state index is 5.82. The van der Waals surface area contributed by atoms with Gasteiger partial charge in [0.2, 0.25) is 5.88 Å². The molecular formula is C14H22BrN3O. The van der Waals surface area contributed by atoms with Gasteiger partial charge < -0.3 is 15.0 Å². The molecule has 0 aromatic carbocycles. The lowest BCUT2D eigenvalue weighted by atomic mass is 10.2. The highest BCUT2D eigenvalue weighted by atomic mass is 79.9. The van der Waals surface area contributed by atoms with Crippen molar-refractivity contribution in [3.05, 3.63) is 22.3 Å². The van der Waals surface area contributed by atoms with Crippen LogP contribution >= 0.6 is 15.9 Å². The molecule has 1 aliphatic carbocycles. The molecule has 0 radical (unpaired) electrons. The first-order valence-electron chi connectivity index (χ1n) is 6.89. The first kappa shape index (κ1) is 14.8. The average molecular weight is 328 g/mol. The summed E-state index contributed by atoms with van der Waals surface area (Å²) in [7, 11) is 2.16. The molecule has 0 unspecified atom stereocenters. The van der Waals surface area contributed by atoms with Gasteiger partial charge in [0.15, 0.2) is 0 Å². The van der Waals surface area contributed by atoms with Crippen LogP contribution in [0.5, 0.6) is 5.88 Å². The van der Waals surface area contributed by atoms with E-state index in [1.165, 1.54) is 12.8 Å². The quantitative estimate of drug-likeness (QED) is 0.795. The SMILES string of the molecule is CCNCc1cc(Br)cnc1OCCN(C)C1CC1. The Morgan fingerprint density at radius 1 is 1.53 bits per heavy atom. The number of nitrogens with one attached hydrogen (secondary N) is 1. The third-order valence-electron chi connectivity index (χ3n) is 3.31. The van der Waals surface area contributed by atoms with Crippen LogP contribution in [0.15, 0.2) is 16.7 Å². The van der Waals surface area contributed by atoms with Gasteiger partial charge in [0, 0.05) is 35.4 Å². The van der Waals surface area contributed by atoms with Crippen molar-refractivity contribution < 1.29 is 4.74 Å². The lowest BCUT2D eigenvalue weighted by Gasteiger charge is -2.16. The molecular weight excluding hydrogens is 306 g/mol. The van der Waals surface area contributed by atoms with Crippen molar-refractivity contribution in [2.75, 3.05) is 26.7 Å². The second-order valence-electron chi connectivity index (χ2n) is 4.96. The fraction of sp³-hybridized carbons (Fsp3) is 0.643. The van der Waals surface area contributed by atoms with Crippen LogP contribution in [0.3, 0.4) is 0 Å². The van der Waals surface area contributed by atoms with Crippen molar-refractivity contribution in [2.24, 2.45) is 0 Å². The zero-order valence-corrected chi connectivity index (χ0v) is 13.2. The molecule has 0 saturated heterocycles. The molecule has 0 spiro atoms. The smallest absolute Gasteiger partial charge is 0.217 e. The Morgan fingerprint density at radius 3 is 3.00 bits per heavy atom. The number of hydrogen-bond donors (Lipinski definition) is 1. The predicted octanol–water partition coefficient (Wildman–Crippen LogP) is 2.43. The second-order valence-corrected chi connectivity index (χ2v) is 5.87. The van der Waals surface area contributed by atoms with Crippen LogP contribution in [0.25, 0.3) is 0 Å². The van der Waals surface area contributed by atoms with E-state index in [1.54, 1.807) is 6.20 Å². The van der Waals surface area contributed by atoms with Crippen molar-refractivity contribution in [2.45, 2.75) is 32.4 Å². The first-order chi connectivity index (χ1) is 9.20. The summed E-state index contributed by atoms with van der Waals surface area (Å²) in [5.74, 6) is 0.744. The molecule has 0 atom stereocenters. The van der Waals surface area contributed by atoms with Gasteiger partial charge in [-0.15, -0.1) is 0 Å². The number of rotatable bonds is 8. The zero-order chi connectivity index (χ0) is 13.7. The fourth-order valence-corrected chi connectivity index (χ4v) is 2.35. The average Bonchev–Trinajstić information content (AvgIpc) is 3.22. The van der Waals surface area contributed by atoms with Crippen LogP contribution in [0.4, 0.5) is 0 Å². The number of nitrogens with zero attached hydrogens (tertiary/aromatic N) is 2. The Bertz CT molecular complexity index is 410. The second kappa shape index (κ2) is 7.22. The minimum absolute atomic E-state index is 0.695. The summed E-state index contributed by atoms with van der Waals surface area (Å²) < 4.78 is 6.81. The molecule has 1 heterocycles. The molecule has 1 N–H and O–H groups in total. The highest BCUT2D eigenvalue weighted by Gasteiger charge is 2.25. The first-order valence-corrected chi connectivity index (χ1v) is 7.68. The fourth-order valence-electron chi connectivity index (χ4n) is 1.97. The molecule has 1 aliphatic rings. The Labute approximate surface area is 123 Å². The van der Waals surface area contributed by atoms with Gasteiger partial charge in [0.25, 0.3) is 0 Å². The maximum atomic E-state index is 5.82. The molecule has 0 bridgehead atoms. The summed E-state index contributed by atoms with van der Waals surface area (Å²) in [5.41, 5.74) is 1.10. The third-order valence-corrected chi connectivity index (χ3v) is 3.74. The van der Waals surface area contributed by atoms with Gasteiger partial charge in [-0.2, -0.15) is 0 Å².